The molecular weight excluding hydrogens is 204 g/mol. The monoisotopic (exact) mass is 222 g/mol. The zero-order chi connectivity index (χ0) is 11.2. The number of sulfonamides is 1. The highest BCUT2D eigenvalue weighted by atomic mass is 32.2. The summed E-state index contributed by atoms with van der Waals surface area (Å²) in [4.78, 5) is 11.0. The van der Waals surface area contributed by atoms with Crippen LogP contribution in [0.3, 0.4) is 0 Å². The Morgan fingerprint density at radius 2 is 1.93 bits per heavy atom. The van der Waals surface area contributed by atoms with Crippen LogP contribution in [0.5, 0.6) is 0 Å². The Bertz CT molecular complexity index is 272. The first-order valence-electron chi connectivity index (χ1n) is 4.65. The third-order valence-corrected chi connectivity index (χ3v) is 3.50. The molecule has 0 radical (unpaired) electrons. The van der Waals surface area contributed by atoms with Crippen LogP contribution >= 0.6 is 0 Å². The molecule has 6 heteroatoms. The standard InChI is InChI=1S/C8H18N2O3S/c1-4-9-8(11)5-6-10-14(12,13)7(2)3/h7,10H,4-6H2,1-3H3,(H,9,11). The number of carbonyl (C=O) groups excluding carboxylic acids is 1. The number of amides is 1. The summed E-state index contributed by atoms with van der Waals surface area (Å²) in [5.41, 5.74) is 0. The van der Waals surface area contributed by atoms with Crippen molar-refractivity contribution < 1.29 is 13.2 Å². The Morgan fingerprint density at radius 1 is 1.36 bits per heavy atom. The number of rotatable bonds is 6. The third kappa shape index (κ3) is 5.18. The smallest absolute Gasteiger partial charge is 0.221 e. The van der Waals surface area contributed by atoms with Gasteiger partial charge in [-0.25, -0.2) is 13.1 Å². The molecule has 0 atom stereocenters. The van der Waals surface area contributed by atoms with Crippen LogP contribution in [0.25, 0.3) is 0 Å². The summed E-state index contributed by atoms with van der Waals surface area (Å²) in [6.45, 7) is 5.72. The Labute approximate surface area is 85.3 Å². The summed E-state index contributed by atoms with van der Waals surface area (Å²) in [7, 11) is -3.24. The van der Waals surface area contributed by atoms with E-state index in [0.717, 1.165) is 0 Å². The molecule has 0 aliphatic carbocycles. The van der Waals surface area contributed by atoms with Crippen LogP contribution in [0.2, 0.25) is 0 Å². The zero-order valence-corrected chi connectivity index (χ0v) is 9.65. The minimum absolute atomic E-state index is 0.140. The summed E-state index contributed by atoms with van der Waals surface area (Å²) in [5, 5.41) is 2.13. The van der Waals surface area contributed by atoms with Crippen molar-refractivity contribution in [1.82, 2.24) is 10.0 Å². The van der Waals surface area contributed by atoms with Gasteiger partial charge in [0.1, 0.15) is 0 Å². The summed E-state index contributed by atoms with van der Waals surface area (Å²) in [6.07, 6.45) is 0.180. The maximum Gasteiger partial charge on any atom is 0.221 e. The van der Waals surface area contributed by atoms with E-state index in [1.807, 2.05) is 6.92 Å². The van der Waals surface area contributed by atoms with Gasteiger partial charge in [-0.3, -0.25) is 4.79 Å². The van der Waals surface area contributed by atoms with Crippen LogP contribution in [0.15, 0.2) is 0 Å². The Morgan fingerprint density at radius 3 is 2.36 bits per heavy atom. The largest absolute Gasteiger partial charge is 0.356 e. The minimum atomic E-state index is -3.24. The van der Waals surface area contributed by atoms with Gasteiger partial charge < -0.3 is 5.32 Å². The molecule has 0 bridgehead atoms. The molecule has 84 valence electrons. The number of nitrogens with one attached hydrogen (secondary N) is 2. The molecule has 0 aliphatic heterocycles. The van der Waals surface area contributed by atoms with E-state index in [0.29, 0.717) is 6.54 Å². The first-order chi connectivity index (χ1) is 6.40. The fraction of sp³-hybridized carbons (Fsp3) is 0.875. The molecule has 0 saturated heterocycles. The Balaban J connectivity index is 3.80. The fourth-order valence-electron chi connectivity index (χ4n) is 0.759. The maximum atomic E-state index is 11.2. The minimum Gasteiger partial charge on any atom is -0.356 e. The molecule has 5 nitrogen and oxygen atoms in total. The Kier molecular flexibility index (Phi) is 5.71. The molecule has 0 aliphatic rings. The number of carbonyl (C=O) groups is 1. The summed E-state index contributed by atoms with van der Waals surface area (Å²) in [5.74, 6) is -0.140. The highest BCUT2D eigenvalue weighted by Gasteiger charge is 2.14. The highest BCUT2D eigenvalue weighted by Crippen LogP contribution is 1.95. The van der Waals surface area contributed by atoms with Gasteiger partial charge in [0.25, 0.3) is 0 Å². The molecule has 14 heavy (non-hydrogen) atoms. The second kappa shape index (κ2) is 5.98. The van der Waals surface area contributed by atoms with Crippen molar-refractivity contribution in [2.45, 2.75) is 32.4 Å². The van der Waals surface area contributed by atoms with Crippen LogP contribution in [-0.4, -0.2) is 32.7 Å². The second-order valence-electron chi connectivity index (χ2n) is 3.19. The molecule has 0 saturated carbocycles. The van der Waals surface area contributed by atoms with Gasteiger partial charge in [0.2, 0.25) is 15.9 Å². The van der Waals surface area contributed by atoms with Crippen LogP contribution in [-0.2, 0) is 14.8 Å². The normalized spacial score (nSPS) is 11.7. The second-order valence-corrected chi connectivity index (χ2v) is 5.51. The van der Waals surface area contributed by atoms with E-state index in [9.17, 15) is 13.2 Å². The van der Waals surface area contributed by atoms with Crippen LogP contribution in [0, 0.1) is 0 Å². The van der Waals surface area contributed by atoms with E-state index in [1.165, 1.54) is 0 Å². The molecule has 0 aromatic carbocycles. The number of hydrogen-bond acceptors (Lipinski definition) is 3. The quantitative estimate of drug-likeness (QED) is 0.655. The third-order valence-electron chi connectivity index (χ3n) is 1.65. The van der Waals surface area contributed by atoms with Crippen LogP contribution in [0.4, 0.5) is 0 Å². The van der Waals surface area contributed by atoms with E-state index in [1.54, 1.807) is 13.8 Å². The fourth-order valence-corrected chi connectivity index (χ4v) is 1.48. The summed E-state index contributed by atoms with van der Waals surface area (Å²) >= 11 is 0. The van der Waals surface area contributed by atoms with Crippen LogP contribution in [0.1, 0.15) is 27.2 Å². The highest BCUT2D eigenvalue weighted by molar-refractivity contribution is 7.90. The Hall–Kier alpha value is -0.620. The average Bonchev–Trinajstić information content (AvgIpc) is 2.04. The van der Waals surface area contributed by atoms with Gasteiger partial charge in [-0.15, -0.1) is 0 Å². The summed E-state index contributed by atoms with van der Waals surface area (Å²) < 4.78 is 24.8. The van der Waals surface area contributed by atoms with Crippen molar-refractivity contribution in [3.8, 4) is 0 Å². The molecule has 0 spiro atoms. The maximum absolute atomic E-state index is 11.2. The van der Waals surface area contributed by atoms with Crippen molar-refractivity contribution in [3.63, 3.8) is 0 Å². The van der Waals surface area contributed by atoms with Gasteiger partial charge in [-0.1, -0.05) is 0 Å². The predicted octanol–water partition coefficient (Wildman–Crippen LogP) is -0.160. The molecule has 2 N–H and O–H groups in total. The van der Waals surface area contributed by atoms with E-state index in [2.05, 4.69) is 10.0 Å². The van der Waals surface area contributed by atoms with Crippen molar-refractivity contribution in [2.75, 3.05) is 13.1 Å². The molecule has 0 heterocycles. The van der Waals surface area contributed by atoms with E-state index in [4.69, 9.17) is 0 Å². The molecule has 0 aromatic rings. The van der Waals surface area contributed by atoms with E-state index in [-0.39, 0.29) is 18.9 Å². The SMILES string of the molecule is CCNC(=O)CCNS(=O)(=O)C(C)C. The average molecular weight is 222 g/mol. The van der Waals surface area contributed by atoms with E-state index < -0.39 is 15.3 Å². The molecule has 0 fully saturated rings. The van der Waals surface area contributed by atoms with Crippen molar-refractivity contribution in [2.24, 2.45) is 0 Å². The summed E-state index contributed by atoms with van der Waals surface area (Å²) in [6, 6.07) is 0. The lowest BCUT2D eigenvalue weighted by atomic mass is 10.4. The van der Waals surface area contributed by atoms with Gasteiger partial charge >= 0.3 is 0 Å². The lowest BCUT2D eigenvalue weighted by Crippen LogP contribution is -2.34. The van der Waals surface area contributed by atoms with Gasteiger partial charge in [-0.2, -0.15) is 0 Å². The molecule has 0 aromatic heterocycles. The van der Waals surface area contributed by atoms with Crippen molar-refractivity contribution >= 4 is 15.9 Å². The lowest BCUT2D eigenvalue weighted by Gasteiger charge is -2.08. The van der Waals surface area contributed by atoms with E-state index >= 15 is 0 Å². The lowest BCUT2D eigenvalue weighted by molar-refractivity contribution is -0.120. The van der Waals surface area contributed by atoms with Crippen molar-refractivity contribution in [3.05, 3.63) is 0 Å². The first kappa shape index (κ1) is 13.4. The zero-order valence-electron chi connectivity index (χ0n) is 8.83. The van der Waals surface area contributed by atoms with Gasteiger partial charge in [-0.05, 0) is 20.8 Å². The number of hydrogen-bond donors (Lipinski definition) is 2. The molecule has 1 amide bonds. The molecule has 0 rings (SSSR count). The van der Waals surface area contributed by atoms with Gasteiger partial charge in [0.15, 0.2) is 0 Å². The predicted molar refractivity (Wildman–Crippen MR) is 55.4 cm³/mol. The molecular formula is C8H18N2O3S. The topological polar surface area (TPSA) is 75.3 Å². The molecule has 0 unspecified atom stereocenters. The van der Waals surface area contributed by atoms with Crippen molar-refractivity contribution in [1.29, 1.82) is 0 Å². The van der Waals surface area contributed by atoms with Gasteiger partial charge in [0.05, 0.1) is 5.25 Å². The van der Waals surface area contributed by atoms with Crippen LogP contribution < -0.4 is 10.0 Å². The first-order valence-corrected chi connectivity index (χ1v) is 6.20. The van der Waals surface area contributed by atoms with Gasteiger partial charge in [0, 0.05) is 19.5 Å².